The van der Waals surface area contributed by atoms with Crippen LogP contribution in [0.1, 0.15) is 31.9 Å². The van der Waals surface area contributed by atoms with E-state index >= 15 is 0 Å². The molecule has 73 heavy (non-hydrogen) atoms. The second kappa shape index (κ2) is 21.6. The van der Waals surface area contributed by atoms with Gasteiger partial charge in [0.1, 0.15) is 5.69 Å². The Balaban J connectivity index is 0.000000330. The fourth-order valence-corrected chi connectivity index (χ4v) is 8.34. The fraction of sp³-hybridized carbons (Fsp3) is 0.0645. The van der Waals surface area contributed by atoms with E-state index in [1.165, 1.54) is 10.6 Å². The Labute approximate surface area is 427 Å². The van der Waals surface area contributed by atoms with Gasteiger partial charge < -0.3 is 30.7 Å². The summed E-state index contributed by atoms with van der Waals surface area (Å²) in [5, 5.41) is 10.6. The summed E-state index contributed by atoms with van der Waals surface area (Å²) in [4.78, 5) is 4.37. The molecule has 362 valence electrons. The van der Waals surface area contributed by atoms with Crippen LogP contribution < -0.4 is 41.6 Å². The summed E-state index contributed by atoms with van der Waals surface area (Å²) >= 11 is 0. The molecular formula is C62H57N9O2. The van der Waals surface area contributed by atoms with Crippen LogP contribution in [0.5, 0.6) is 23.0 Å². The molecule has 2 aliphatic rings. The van der Waals surface area contributed by atoms with E-state index in [1.54, 1.807) is 29.1 Å². The second-order valence-corrected chi connectivity index (χ2v) is 18.2. The van der Waals surface area contributed by atoms with Gasteiger partial charge >= 0.3 is 0 Å². The monoisotopic (exact) mass is 959 g/mol. The number of hydrogen-bond donors (Lipinski definition) is 3. The van der Waals surface area contributed by atoms with Crippen LogP contribution in [0.3, 0.4) is 0 Å². The Bertz CT molecular complexity index is 3370. The van der Waals surface area contributed by atoms with Crippen molar-refractivity contribution in [3.63, 3.8) is 0 Å². The molecule has 0 radical (unpaired) electrons. The van der Waals surface area contributed by atoms with Crippen molar-refractivity contribution in [3.05, 3.63) is 261 Å². The van der Waals surface area contributed by atoms with Gasteiger partial charge in [-0.05, 0) is 114 Å². The molecule has 0 unspecified atom stereocenters. The van der Waals surface area contributed by atoms with Crippen LogP contribution in [0.2, 0.25) is 0 Å². The summed E-state index contributed by atoms with van der Waals surface area (Å²) in [5.41, 5.74) is 24.3. The molecule has 11 rings (SSSR count). The Morgan fingerprint density at radius 3 is 1.58 bits per heavy atom. The number of benzene rings is 8. The first-order valence-corrected chi connectivity index (χ1v) is 23.8. The van der Waals surface area contributed by atoms with Crippen molar-refractivity contribution >= 4 is 45.5 Å². The maximum Gasteiger partial charge on any atom is 0.151 e. The van der Waals surface area contributed by atoms with Gasteiger partial charge in [0.15, 0.2) is 23.0 Å². The number of para-hydroxylation sites is 8. The van der Waals surface area contributed by atoms with Gasteiger partial charge in [-0.2, -0.15) is 0 Å². The number of fused-ring (bicyclic) bond motifs is 4. The average Bonchev–Trinajstić information content (AvgIpc) is 3.92. The molecule has 6 N–H and O–H groups in total. The highest BCUT2D eigenvalue weighted by molar-refractivity contribution is 5.88. The molecule has 11 heteroatoms. The fourth-order valence-electron chi connectivity index (χ4n) is 8.34. The van der Waals surface area contributed by atoms with Crippen LogP contribution in [0, 0.1) is 0 Å². The van der Waals surface area contributed by atoms with Crippen molar-refractivity contribution in [2.45, 2.75) is 26.2 Å². The van der Waals surface area contributed by atoms with Crippen molar-refractivity contribution in [2.24, 2.45) is 17.3 Å². The minimum atomic E-state index is 0.293. The molecule has 1 aromatic heterocycles. The molecule has 0 amide bonds. The van der Waals surface area contributed by atoms with Crippen molar-refractivity contribution in [1.29, 1.82) is 0 Å². The van der Waals surface area contributed by atoms with Gasteiger partial charge in [-0.1, -0.05) is 160 Å². The quantitative estimate of drug-likeness (QED) is 0.0728. The van der Waals surface area contributed by atoms with Crippen molar-refractivity contribution in [3.8, 4) is 39.9 Å². The lowest BCUT2D eigenvalue weighted by molar-refractivity contribution is 0.477. The van der Waals surface area contributed by atoms with E-state index in [-0.39, 0.29) is 0 Å². The van der Waals surface area contributed by atoms with Crippen LogP contribution in [0.4, 0.5) is 39.8 Å². The van der Waals surface area contributed by atoms with E-state index in [0.29, 0.717) is 22.5 Å². The van der Waals surface area contributed by atoms with E-state index in [9.17, 15) is 0 Å². The number of nitrogens with zero attached hydrogens (tertiary/aromatic N) is 6. The first-order valence-electron chi connectivity index (χ1n) is 23.8. The van der Waals surface area contributed by atoms with Crippen molar-refractivity contribution in [2.75, 3.05) is 14.8 Å². The van der Waals surface area contributed by atoms with Crippen LogP contribution in [0.25, 0.3) is 22.6 Å². The highest BCUT2D eigenvalue weighted by Gasteiger charge is 2.27. The molecule has 8 aromatic carbocycles. The van der Waals surface area contributed by atoms with Gasteiger partial charge in [0.2, 0.25) is 0 Å². The molecule has 3 heterocycles. The molecule has 9 aromatic rings. The molecule has 0 fully saturated rings. The van der Waals surface area contributed by atoms with E-state index in [2.05, 4.69) is 115 Å². The Hall–Kier alpha value is -9.58. The SMILES string of the molecule is C=C/C=C\C(=C)N.CC(C)(C)c1ccccc1.N/C(=C\N(N)c1cccc(N2c3ccccc3Oc3ccccc32)c1)c1cccc(-c2cn(-c3cccc(N4c5ccccc5Oc5ccccc54)c3)nn2)c1. The molecule has 0 spiro atoms. The Kier molecular flexibility index (Phi) is 14.3. The number of ether oxygens (including phenoxy) is 2. The van der Waals surface area contributed by atoms with Gasteiger partial charge in [0.05, 0.1) is 46.0 Å². The summed E-state index contributed by atoms with van der Waals surface area (Å²) in [6.07, 6.45) is 8.72. The second-order valence-electron chi connectivity index (χ2n) is 18.2. The maximum atomic E-state index is 6.70. The smallest absolute Gasteiger partial charge is 0.151 e. The highest BCUT2D eigenvalue weighted by Crippen LogP contribution is 2.51. The van der Waals surface area contributed by atoms with Crippen molar-refractivity contribution < 1.29 is 9.47 Å². The zero-order valence-electron chi connectivity index (χ0n) is 41.1. The number of hydrogen-bond acceptors (Lipinski definition) is 10. The maximum absolute atomic E-state index is 6.70. The van der Waals surface area contributed by atoms with Gasteiger partial charge in [0.25, 0.3) is 0 Å². The van der Waals surface area contributed by atoms with Crippen molar-refractivity contribution in [1.82, 2.24) is 15.0 Å². The zero-order chi connectivity index (χ0) is 50.9. The lowest BCUT2D eigenvalue weighted by Gasteiger charge is -2.33. The molecule has 0 aliphatic carbocycles. The van der Waals surface area contributed by atoms with Crippen LogP contribution in [-0.4, -0.2) is 15.0 Å². The van der Waals surface area contributed by atoms with Crippen LogP contribution in [-0.2, 0) is 5.41 Å². The number of nitrogens with two attached hydrogens (primary N) is 3. The summed E-state index contributed by atoms with van der Waals surface area (Å²) in [6.45, 7) is 13.6. The summed E-state index contributed by atoms with van der Waals surface area (Å²) < 4.78 is 14.2. The molecule has 0 atom stereocenters. The average molecular weight is 960 g/mol. The number of hydrazine groups is 1. The lowest BCUT2D eigenvalue weighted by atomic mass is 9.87. The van der Waals surface area contributed by atoms with E-state index < -0.39 is 0 Å². The van der Waals surface area contributed by atoms with Crippen LogP contribution in [0.15, 0.2) is 250 Å². The van der Waals surface area contributed by atoms with Gasteiger partial charge in [-0.15, -0.1) is 5.10 Å². The van der Waals surface area contributed by atoms with E-state index in [4.69, 9.17) is 26.8 Å². The first kappa shape index (κ1) is 48.4. The number of rotatable bonds is 9. The summed E-state index contributed by atoms with van der Waals surface area (Å²) in [6, 6.07) is 66.7. The zero-order valence-corrected chi connectivity index (χ0v) is 41.1. The molecule has 11 nitrogen and oxygen atoms in total. The van der Waals surface area contributed by atoms with Gasteiger partial charge in [-0.25, -0.2) is 10.5 Å². The van der Waals surface area contributed by atoms with Gasteiger partial charge in [0, 0.05) is 28.8 Å². The Morgan fingerprint density at radius 1 is 0.575 bits per heavy atom. The number of aromatic nitrogens is 3. The largest absolute Gasteiger partial charge is 0.453 e. The predicted octanol–water partition coefficient (Wildman–Crippen LogP) is 14.9. The molecular weight excluding hydrogens is 903 g/mol. The van der Waals surface area contributed by atoms with Gasteiger partial charge in [-0.3, -0.25) is 5.01 Å². The predicted molar refractivity (Wildman–Crippen MR) is 299 cm³/mol. The molecule has 0 saturated heterocycles. The lowest BCUT2D eigenvalue weighted by Crippen LogP contribution is -2.26. The standard InChI is InChI=1S/C46H34N8O2.C10H14.C6H9N/c47-37(29-51(48)33-14-10-16-35(27-33)53-39-18-1-5-22-43(39)55-44-23-6-2-19-40(44)53)31-12-9-13-32(26-31)38-30-52(50-49-38)34-15-11-17-36(28-34)54-41-20-3-7-24-45(41)56-46-25-8-4-21-42(46)54;1-10(2,3)9-7-5-4-6-8-9;1-3-4-5-6(2)7/h1-30H,47-48H2;4-8H,1-3H3;3-5H,1-2,7H2/b37-29-;;5-4-. The normalized spacial score (nSPS) is 12.2. The minimum Gasteiger partial charge on any atom is -0.453 e. The minimum absolute atomic E-state index is 0.293. The third-order valence-electron chi connectivity index (χ3n) is 12.0. The highest BCUT2D eigenvalue weighted by atomic mass is 16.5. The summed E-state index contributed by atoms with van der Waals surface area (Å²) in [5.74, 6) is 9.81. The van der Waals surface area contributed by atoms with E-state index in [1.807, 2.05) is 146 Å². The van der Waals surface area contributed by atoms with E-state index in [0.717, 1.165) is 79.6 Å². The third-order valence-corrected chi connectivity index (χ3v) is 12.0. The number of allylic oxidation sites excluding steroid dienone is 3. The first-order chi connectivity index (χ1) is 35.4. The van der Waals surface area contributed by atoms with Crippen LogP contribution >= 0.6 is 0 Å². The Morgan fingerprint density at radius 2 is 1.07 bits per heavy atom. The molecule has 0 saturated carbocycles. The topological polar surface area (TPSA) is 137 Å². The molecule has 0 bridgehead atoms. The summed E-state index contributed by atoms with van der Waals surface area (Å²) in [7, 11) is 0. The number of anilines is 7. The molecule has 2 aliphatic heterocycles. The third kappa shape index (κ3) is 11.1.